The van der Waals surface area contributed by atoms with E-state index in [4.69, 9.17) is 4.98 Å². The Labute approximate surface area is 190 Å². The molecule has 4 atom stereocenters. The van der Waals surface area contributed by atoms with Crippen LogP contribution in [0.5, 0.6) is 0 Å². The summed E-state index contributed by atoms with van der Waals surface area (Å²) < 4.78 is 1.65. The van der Waals surface area contributed by atoms with Gasteiger partial charge in [-0.1, -0.05) is 42.5 Å². The number of thioether (sulfide) groups is 1. The van der Waals surface area contributed by atoms with Crippen molar-refractivity contribution in [3.8, 4) is 0 Å². The van der Waals surface area contributed by atoms with Crippen molar-refractivity contribution >= 4 is 28.7 Å². The fourth-order valence-corrected chi connectivity index (χ4v) is 4.72. The Balaban J connectivity index is 1.59. The molecule has 1 aliphatic rings. The Bertz CT molecular complexity index is 998. The number of aryl methyl sites for hydroxylation is 1. The number of tetrazole rings is 1. The topological polar surface area (TPSA) is 163 Å². The number of aromatic amines is 1. The van der Waals surface area contributed by atoms with Crippen molar-refractivity contribution in [2.24, 2.45) is 5.92 Å². The maximum atomic E-state index is 10.8. The molecule has 13 heteroatoms. The van der Waals surface area contributed by atoms with Crippen LogP contribution in [-0.4, -0.2) is 80.3 Å². The zero-order chi connectivity index (χ0) is 22.5. The van der Waals surface area contributed by atoms with Gasteiger partial charge < -0.3 is 15.5 Å². The van der Waals surface area contributed by atoms with E-state index in [1.807, 2.05) is 0 Å². The fraction of sp³-hybridized carbons (Fsp3) is 0.737. The molecule has 0 saturated heterocycles. The second kappa shape index (κ2) is 10.5. The van der Waals surface area contributed by atoms with E-state index in [0.29, 0.717) is 47.2 Å². The van der Waals surface area contributed by atoms with E-state index in [1.54, 1.807) is 16.4 Å². The Morgan fingerprint density at radius 1 is 1.16 bits per heavy atom. The van der Waals surface area contributed by atoms with Gasteiger partial charge in [0.2, 0.25) is 0 Å². The number of rotatable bonds is 11. The van der Waals surface area contributed by atoms with Gasteiger partial charge in [0.05, 0.1) is 12.1 Å². The first-order valence-corrected chi connectivity index (χ1v) is 12.2. The second-order valence-corrected chi connectivity index (χ2v) is 9.16. The maximum Gasteiger partial charge on any atom is 0.191 e. The lowest BCUT2D eigenvalue weighted by Gasteiger charge is -2.17. The van der Waals surface area contributed by atoms with Crippen LogP contribution in [0, 0.1) is 5.92 Å². The quantitative estimate of drug-likeness (QED) is 0.185. The van der Waals surface area contributed by atoms with Crippen LogP contribution in [0.2, 0.25) is 0 Å². The third-order valence-electron chi connectivity index (χ3n) is 5.77. The van der Waals surface area contributed by atoms with Crippen LogP contribution in [0.15, 0.2) is 5.16 Å². The number of anilines is 1. The summed E-state index contributed by atoms with van der Waals surface area (Å²) in [6.45, 7) is 5.04. The second-order valence-electron chi connectivity index (χ2n) is 8.10. The van der Waals surface area contributed by atoms with Gasteiger partial charge in [-0.15, -0.1) is 15.3 Å². The summed E-state index contributed by atoms with van der Waals surface area (Å²) in [5, 5.41) is 48.1. The van der Waals surface area contributed by atoms with E-state index < -0.39 is 18.2 Å². The summed E-state index contributed by atoms with van der Waals surface area (Å²) in [5.41, 5.74) is 1.16. The van der Waals surface area contributed by atoms with Crippen molar-refractivity contribution in [2.45, 2.75) is 75.8 Å². The lowest BCUT2D eigenvalue weighted by molar-refractivity contribution is 0.00352. The molecule has 3 aromatic heterocycles. The van der Waals surface area contributed by atoms with E-state index in [-0.39, 0.29) is 5.92 Å². The van der Waals surface area contributed by atoms with Gasteiger partial charge in [-0.05, 0) is 31.6 Å². The van der Waals surface area contributed by atoms with Gasteiger partial charge in [0, 0.05) is 18.7 Å². The van der Waals surface area contributed by atoms with Gasteiger partial charge in [0.1, 0.15) is 6.10 Å². The number of aliphatic hydroxyl groups excluding tert-OH is 2. The van der Waals surface area contributed by atoms with Crippen LogP contribution < -0.4 is 5.32 Å². The first kappa shape index (κ1) is 22.8. The number of fused-ring (bicyclic) bond motifs is 1. The predicted molar refractivity (Wildman–Crippen MR) is 119 cm³/mol. The SMILES string of the molecule is CCCCNc1nc(SCCC)nc2c1nnn2C1CC(CCc2nn[nH]n2)C(O)C1O. The number of hydrogen-bond acceptors (Lipinski definition) is 11. The molecule has 1 saturated carbocycles. The number of aromatic nitrogens is 9. The molecule has 0 bridgehead atoms. The lowest BCUT2D eigenvalue weighted by Crippen LogP contribution is -2.30. The number of aliphatic hydroxyl groups is 2. The van der Waals surface area contributed by atoms with E-state index in [1.165, 1.54) is 0 Å². The number of nitrogens with one attached hydrogen (secondary N) is 2. The van der Waals surface area contributed by atoms with Crippen molar-refractivity contribution in [3.63, 3.8) is 0 Å². The molecule has 4 unspecified atom stereocenters. The Hall–Kier alpha value is -2.38. The standard InChI is InChI=1S/C19H30N10O2S/c1-3-5-8-20-17-14-18(22-19(21-17)32-9-4-2)29(28-25-14)12-10-11(15(30)16(12)31)6-7-13-23-26-27-24-13/h11-12,15-16,30-31H,3-10H2,1-2H3,(H,20,21,22)(H,23,24,26,27). The predicted octanol–water partition coefficient (Wildman–Crippen LogP) is 1.36. The highest BCUT2D eigenvalue weighted by Crippen LogP contribution is 2.39. The zero-order valence-electron chi connectivity index (χ0n) is 18.3. The molecule has 1 fully saturated rings. The highest BCUT2D eigenvalue weighted by Gasteiger charge is 2.43. The molecule has 0 radical (unpaired) electrons. The monoisotopic (exact) mass is 462 g/mol. The van der Waals surface area contributed by atoms with Crippen LogP contribution in [0.1, 0.15) is 57.8 Å². The molecule has 0 aromatic carbocycles. The van der Waals surface area contributed by atoms with Gasteiger partial charge in [0.15, 0.2) is 28.0 Å². The summed E-state index contributed by atoms with van der Waals surface area (Å²) in [7, 11) is 0. The molecule has 4 N–H and O–H groups in total. The number of nitrogens with zero attached hydrogens (tertiary/aromatic N) is 8. The van der Waals surface area contributed by atoms with Crippen molar-refractivity contribution < 1.29 is 10.2 Å². The maximum absolute atomic E-state index is 10.8. The molecule has 0 spiro atoms. The zero-order valence-corrected chi connectivity index (χ0v) is 19.2. The van der Waals surface area contributed by atoms with Crippen LogP contribution >= 0.6 is 11.8 Å². The molecule has 0 amide bonds. The molecule has 1 aliphatic carbocycles. The molecule has 3 heterocycles. The summed E-state index contributed by atoms with van der Waals surface area (Å²) in [4.78, 5) is 9.35. The van der Waals surface area contributed by atoms with Crippen LogP contribution in [0.3, 0.4) is 0 Å². The van der Waals surface area contributed by atoms with Crippen molar-refractivity contribution in [2.75, 3.05) is 17.6 Å². The van der Waals surface area contributed by atoms with Crippen molar-refractivity contribution in [1.29, 1.82) is 0 Å². The molecule has 4 rings (SSSR count). The minimum Gasteiger partial charge on any atom is -0.390 e. The highest BCUT2D eigenvalue weighted by molar-refractivity contribution is 7.99. The highest BCUT2D eigenvalue weighted by atomic mass is 32.2. The van der Waals surface area contributed by atoms with Gasteiger partial charge in [0.25, 0.3) is 0 Å². The van der Waals surface area contributed by atoms with E-state index >= 15 is 0 Å². The van der Waals surface area contributed by atoms with E-state index in [0.717, 1.165) is 31.6 Å². The number of H-pyrrole nitrogens is 1. The summed E-state index contributed by atoms with van der Waals surface area (Å²) in [5.74, 6) is 2.04. The number of unbranched alkanes of at least 4 members (excludes halogenated alkanes) is 1. The normalized spacial score (nSPS) is 23.2. The Morgan fingerprint density at radius 3 is 2.78 bits per heavy atom. The van der Waals surface area contributed by atoms with Crippen molar-refractivity contribution in [3.05, 3.63) is 5.82 Å². The minimum absolute atomic E-state index is 0.120. The van der Waals surface area contributed by atoms with Gasteiger partial charge in [-0.25, -0.2) is 14.6 Å². The Kier molecular flexibility index (Phi) is 7.48. The first-order chi connectivity index (χ1) is 15.6. The van der Waals surface area contributed by atoms with E-state index in [9.17, 15) is 10.2 Å². The largest absolute Gasteiger partial charge is 0.390 e. The molecular formula is C19H30N10O2S. The third kappa shape index (κ3) is 4.84. The smallest absolute Gasteiger partial charge is 0.191 e. The van der Waals surface area contributed by atoms with E-state index in [2.05, 4.69) is 55.1 Å². The summed E-state index contributed by atoms with van der Waals surface area (Å²) in [6, 6.07) is -0.423. The minimum atomic E-state index is -0.964. The average molecular weight is 463 g/mol. The fourth-order valence-electron chi connectivity index (χ4n) is 4.03. The lowest BCUT2D eigenvalue weighted by atomic mass is 9.99. The van der Waals surface area contributed by atoms with Crippen LogP contribution in [0.4, 0.5) is 5.82 Å². The van der Waals surface area contributed by atoms with Gasteiger partial charge in [-0.3, -0.25) is 0 Å². The third-order valence-corrected chi connectivity index (χ3v) is 6.83. The Morgan fingerprint density at radius 2 is 2.03 bits per heavy atom. The van der Waals surface area contributed by atoms with Crippen LogP contribution in [-0.2, 0) is 6.42 Å². The van der Waals surface area contributed by atoms with Gasteiger partial charge >= 0.3 is 0 Å². The molecular weight excluding hydrogens is 432 g/mol. The molecule has 12 nitrogen and oxygen atoms in total. The van der Waals surface area contributed by atoms with Crippen molar-refractivity contribution in [1.82, 2.24) is 45.6 Å². The average Bonchev–Trinajstić information content (AvgIpc) is 3.52. The molecule has 0 aliphatic heterocycles. The summed E-state index contributed by atoms with van der Waals surface area (Å²) in [6.07, 6.45) is 3.03. The molecule has 174 valence electrons. The first-order valence-electron chi connectivity index (χ1n) is 11.2. The summed E-state index contributed by atoms with van der Waals surface area (Å²) >= 11 is 1.59. The molecule has 32 heavy (non-hydrogen) atoms. The number of hydrogen-bond donors (Lipinski definition) is 4. The molecule has 3 aromatic rings. The van der Waals surface area contributed by atoms with Crippen LogP contribution in [0.25, 0.3) is 11.2 Å². The van der Waals surface area contributed by atoms with Gasteiger partial charge in [-0.2, -0.15) is 5.21 Å².